The zero-order valence-electron chi connectivity index (χ0n) is 16.5. The Balaban J connectivity index is 1.76. The van der Waals surface area contributed by atoms with Crippen LogP contribution >= 0.6 is 0 Å². The molecule has 2 heterocycles. The Labute approximate surface area is 167 Å². The van der Waals surface area contributed by atoms with E-state index >= 15 is 0 Å². The summed E-state index contributed by atoms with van der Waals surface area (Å²) in [5, 5.41) is 0. The van der Waals surface area contributed by atoms with Crippen molar-refractivity contribution in [2.75, 3.05) is 25.2 Å². The SMILES string of the molecule is COC(=O)c1ccc(N2C[C@@H](Oc3cc(C)nc(C)n3)C[C@H]2COC(F)F)cc1. The number of rotatable bonds is 7. The number of ether oxygens (including phenoxy) is 3. The Hall–Kier alpha value is -2.81. The quantitative estimate of drug-likeness (QED) is 0.653. The van der Waals surface area contributed by atoms with Gasteiger partial charge < -0.3 is 19.1 Å². The van der Waals surface area contributed by atoms with Crippen molar-refractivity contribution in [3.05, 3.63) is 47.4 Å². The van der Waals surface area contributed by atoms with Gasteiger partial charge in [-0.2, -0.15) is 13.8 Å². The van der Waals surface area contributed by atoms with Crippen LogP contribution in [0.25, 0.3) is 0 Å². The first-order valence-corrected chi connectivity index (χ1v) is 9.19. The van der Waals surface area contributed by atoms with Crippen LogP contribution in [-0.2, 0) is 9.47 Å². The van der Waals surface area contributed by atoms with E-state index in [9.17, 15) is 13.6 Å². The third kappa shape index (κ3) is 5.38. The molecule has 1 aromatic heterocycles. The van der Waals surface area contributed by atoms with E-state index in [4.69, 9.17) is 9.47 Å². The van der Waals surface area contributed by atoms with Crippen LogP contribution in [0, 0.1) is 13.8 Å². The first-order valence-electron chi connectivity index (χ1n) is 9.19. The van der Waals surface area contributed by atoms with Crippen molar-refractivity contribution in [3.8, 4) is 5.88 Å². The van der Waals surface area contributed by atoms with Crippen LogP contribution in [0.3, 0.4) is 0 Å². The highest BCUT2D eigenvalue weighted by atomic mass is 19.3. The van der Waals surface area contributed by atoms with E-state index in [0.29, 0.717) is 30.2 Å². The standard InChI is InChI=1S/C20H23F2N3O4/c1-12-8-18(24-13(2)23-12)29-17-9-16(11-28-20(21)22)25(10-17)15-6-4-14(5-7-15)19(26)27-3/h4-8,16-17,20H,9-11H2,1-3H3/t16-,17-/m0/s1. The summed E-state index contributed by atoms with van der Waals surface area (Å²) >= 11 is 0. The number of anilines is 1. The summed E-state index contributed by atoms with van der Waals surface area (Å²) in [4.78, 5) is 22.1. The fraction of sp³-hybridized carbons (Fsp3) is 0.450. The van der Waals surface area contributed by atoms with Crippen LogP contribution in [0.1, 0.15) is 28.3 Å². The first-order chi connectivity index (χ1) is 13.9. The molecule has 7 nitrogen and oxygen atoms in total. The molecule has 0 saturated carbocycles. The molecule has 0 aliphatic carbocycles. The number of aryl methyl sites for hydroxylation is 2. The fourth-order valence-corrected chi connectivity index (χ4v) is 3.44. The molecule has 156 valence electrons. The minimum atomic E-state index is -2.84. The van der Waals surface area contributed by atoms with Gasteiger partial charge in [-0.1, -0.05) is 0 Å². The lowest BCUT2D eigenvalue weighted by atomic mass is 10.1. The van der Waals surface area contributed by atoms with Crippen LogP contribution in [-0.4, -0.2) is 55.0 Å². The van der Waals surface area contributed by atoms with Crippen LogP contribution in [0.5, 0.6) is 5.88 Å². The molecule has 1 saturated heterocycles. The third-order valence-corrected chi connectivity index (χ3v) is 4.64. The van der Waals surface area contributed by atoms with Crippen molar-refractivity contribution in [1.29, 1.82) is 0 Å². The molecular formula is C20H23F2N3O4. The maximum absolute atomic E-state index is 12.6. The Morgan fingerprint density at radius 1 is 1.24 bits per heavy atom. The van der Waals surface area contributed by atoms with Crippen LogP contribution in [0.4, 0.5) is 14.5 Å². The normalized spacial score (nSPS) is 18.9. The van der Waals surface area contributed by atoms with Crippen LogP contribution < -0.4 is 9.64 Å². The van der Waals surface area contributed by atoms with E-state index in [1.54, 1.807) is 37.3 Å². The molecule has 0 amide bonds. The number of hydrogen-bond donors (Lipinski definition) is 0. The molecule has 0 N–H and O–H groups in total. The highest BCUT2D eigenvalue weighted by Crippen LogP contribution is 2.29. The molecule has 2 aromatic rings. The van der Waals surface area contributed by atoms with E-state index in [1.807, 2.05) is 11.8 Å². The van der Waals surface area contributed by atoms with E-state index < -0.39 is 12.6 Å². The lowest BCUT2D eigenvalue weighted by Crippen LogP contribution is -2.34. The zero-order chi connectivity index (χ0) is 21.0. The van der Waals surface area contributed by atoms with Gasteiger partial charge in [-0.3, -0.25) is 0 Å². The van der Waals surface area contributed by atoms with Crippen LogP contribution in [0.15, 0.2) is 30.3 Å². The summed E-state index contributed by atoms with van der Waals surface area (Å²) in [5.41, 5.74) is 1.98. The number of benzene rings is 1. The van der Waals surface area contributed by atoms with Gasteiger partial charge in [-0.15, -0.1) is 0 Å². The van der Waals surface area contributed by atoms with Crippen LogP contribution in [0.2, 0.25) is 0 Å². The lowest BCUT2D eigenvalue weighted by Gasteiger charge is -2.26. The summed E-state index contributed by atoms with van der Waals surface area (Å²) in [5.74, 6) is 0.619. The molecule has 29 heavy (non-hydrogen) atoms. The van der Waals surface area contributed by atoms with Crippen molar-refractivity contribution < 1.29 is 27.8 Å². The van der Waals surface area contributed by atoms with Gasteiger partial charge in [0.05, 0.1) is 31.9 Å². The second kappa shape index (κ2) is 9.13. The fourth-order valence-electron chi connectivity index (χ4n) is 3.44. The van der Waals surface area contributed by atoms with Crippen molar-refractivity contribution in [3.63, 3.8) is 0 Å². The number of nitrogens with zero attached hydrogens (tertiary/aromatic N) is 3. The first kappa shape index (κ1) is 20.9. The highest BCUT2D eigenvalue weighted by molar-refractivity contribution is 5.89. The average molecular weight is 407 g/mol. The Morgan fingerprint density at radius 3 is 2.59 bits per heavy atom. The maximum Gasteiger partial charge on any atom is 0.345 e. The van der Waals surface area contributed by atoms with Crippen molar-refractivity contribution in [2.24, 2.45) is 0 Å². The molecular weight excluding hydrogens is 384 g/mol. The number of carbonyl (C=O) groups is 1. The minimum Gasteiger partial charge on any atom is -0.472 e. The Kier molecular flexibility index (Phi) is 6.58. The molecule has 0 bridgehead atoms. The molecule has 3 rings (SSSR count). The Bertz CT molecular complexity index is 828. The summed E-state index contributed by atoms with van der Waals surface area (Å²) in [6.45, 7) is 1.12. The van der Waals surface area contributed by atoms with Gasteiger partial charge in [0.1, 0.15) is 11.9 Å². The number of alkyl halides is 2. The predicted octanol–water partition coefficient (Wildman–Crippen LogP) is 3.15. The summed E-state index contributed by atoms with van der Waals surface area (Å²) in [7, 11) is 1.31. The molecule has 1 aromatic carbocycles. The van der Waals surface area contributed by atoms with E-state index in [1.165, 1.54) is 7.11 Å². The monoisotopic (exact) mass is 407 g/mol. The van der Waals surface area contributed by atoms with E-state index in [0.717, 1.165) is 11.4 Å². The third-order valence-electron chi connectivity index (χ3n) is 4.64. The number of carbonyl (C=O) groups excluding carboxylic acids is 1. The molecule has 0 spiro atoms. The summed E-state index contributed by atoms with van der Waals surface area (Å²) < 4.78 is 40.4. The molecule has 1 aliphatic rings. The van der Waals surface area contributed by atoms with Gasteiger partial charge in [0.15, 0.2) is 0 Å². The van der Waals surface area contributed by atoms with Gasteiger partial charge in [0.25, 0.3) is 0 Å². The van der Waals surface area contributed by atoms with Crippen molar-refractivity contribution >= 4 is 11.7 Å². The van der Waals surface area contributed by atoms with E-state index in [2.05, 4.69) is 14.7 Å². The molecule has 1 fully saturated rings. The van der Waals surface area contributed by atoms with Gasteiger partial charge in [-0.05, 0) is 38.1 Å². The number of aromatic nitrogens is 2. The van der Waals surface area contributed by atoms with Gasteiger partial charge >= 0.3 is 12.6 Å². The van der Waals surface area contributed by atoms with Gasteiger partial charge in [0.2, 0.25) is 5.88 Å². The molecule has 0 unspecified atom stereocenters. The number of methoxy groups -OCH3 is 1. The highest BCUT2D eigenvalue weighted by Gasteiger charge is 2.34. The smallest absolute Gasteiger partial charge is 0.345 e. The lowest BCUT2D eigenvalue weighted by molar-refractivity contribution is -0.131. The molecule has 0 radical (unpaired) electrons. The zero-order valence-corrected chi connectivity index (χ0v) is 16.5. The second-order valence-corrected chi connectivity index (χ2v) is 6.81. The van der Waals surface area contributed by atoms with Gasteiger partial charge in [-0.25, -0.2) is 9.78 Å². The number of esters is 1. The molecule has 2 atom stereocenters. The number of hydrogen-bond acceptors (Lipinski definition) is 7. The maximum atomic E-state index is 12.6. The van der Waals surface area contributed by atoms with Gasteiger partial charge in [0, 0.05) is 23.9 Å². The van der Waals surface area contributed by atoms with Crippen molar-refractivity contribution in [2.45, 2.75) is 39.0 Å². The summed E-state index contributed by atoms with van der Waals surface area (Å²) in [6.07, 6.45) is 0.239. The topological polar surface area (TPSA) is 73.8 Å². The average Bonchev–Trinajstić information content (AvgIpc) is 3.07. The molecule has 9 heteroatoms. The summed E-state index contributed by atoms with van der Waals surface area (Å²) in [6, 6.07) is 8.22. The second-order valence-electron chi connectivity index (χ2n) is 6.81. The van der Waals surface area contributed by atoms with E-state index in [-0.39, 0.29) is 18.8 Å². The molecule has 1 aliphatic heterocycles. The predicted molar refractivity (Wildman–Crippen MR) is 101 cm³/mol. The largest absolute Gasteiger partial charge is 0.472 e. The minimum absolute atomic E-state index is 0.141. The number of halogens is 2. The Morgan fingerprint density at radius 2 is 1.97 bits per heavy atom. The van der Waals surface area contributed by atoms with Crippen molar-refractivity contribution in [1.82, 2.24) is 9.97 Å².